The van der Waals surface area contributed by atoms with Gasteiger partial charge in [0.1, 0.15) is 0 Å². The zero-order valence-electron chi connectivity index (χ0n) is 15.0. The van der Waals surface area contributed by atoms with Gasteiger partial charge in [-0.25, -0.2) is 4.98 Å². The van der Waals surface area contributed by atoms with Gasteiger partial charge in [0.15, 0.2) is 5.78 Å². The van der Waals surface area contributed by atoms with E-state index in [2.05, 4.69) is 27.0 Å². The second kappa shape index (κ2) is 5.91. The Balaban J connectivity index is 1.56. The molecule has 0 saturated carbocycles. The van der Waals surface area contributed by atoms with E-state index in [0.717, 1.165) is 35.2 Å². The molecule has 1 aliphatic heterocycles. The molecule has 5 nitrogen and oxygen atoms in total. The van der Waals surface area contributed by atoms with Gasteiger partial charge in [0.2, 0.25) is 0 Å². The van der Waals surface area contributed by atoms with Gasteiger partial charge >= 0.3 is 0 Å². The molecule has 1 N–H and O–H groups in total. The van der Waals surface area contributed by atoms with Gasteiger partial charge in [0, 0.05) is 29.7 Å². The lowest BCUT2D eigenvalue weighted by Gasteiger charge is -2.30. The number of amides is 1. The van der Waals surface area contributed by atoms with E-state index in [4.69, 9.17) is 0 Å². The molecule has 1 aliphatic carbocycles. The van der Waals surface area contributed by atoms with E-state index < -0.39 is 0 Å². The second-order valence-corrected chi connectivity index (χ2v) is 7.18. The second-order valence-electron chi connectivity index (χ2n) is 7.18. The number of hydrogen-bond donors (Lipinski definition) is 1. The highest BCUT2D eigenvalue weighted by Gasteiger charge is 2.40. The number of Topliss-reactive ketones (excluding diaryl/α,β-unsaturated/α-hetero) is 1. The topological polar surface area (TPSA) is 64.0 Å². The summed E-state index contributed by atoms with van der Waals surface area (Å²) in [6.45, 7) is 0. The third kappa shape index (κ3) is 2.28. The SMILES string of the molecule is CNC(=O)c1ccc2c(c1)CCC(C1c3ccccc3-c3cncn31)C2=O. The first-order valence-corrected chi connectivity index (χ1v) is 9.19. The molecular weight excluding hydrogens is 338 g/mol. The molecule has 0 saturated heterocycles. The van der Waals surface area contributed by atoms with Gasteiger partial charge in [-0.05, 0) is 36.1 Å². The van der Waals surface area contributed by atoms with E-state index in [1.807, 2.05) is 36.8 Å². The Morgan fingerprint density at radius 3 is 2.89 bits per heavy atom. The Bertz CT molecular complexity index is 1080. The third-order valence-corrected chi connectivity index (χ3v) is 5.82. The first kappa shape index (κ1) is 16.0. The number of carbonyl (C=O) groups is 2. The van der Waals surface area contributed by atoms with Crippen LogP contribution in [-0.2, 0) is 6.42 Å². The summed E-state index contributed by atoms with van der Waals surface area (Å²) in [7, 11) is 1.61. The summed E-state index contributed by atoms with van der Waals surface area (Å²) in [5, 5.41) is 2.64. The number of benzene rings is 2. The molecule has 1 amide bonds. The molecule has 1 aromatic heterocycles. The van der Waals surface area contributed by atoms with Crippen LogP contribution in [0.4, 0.5) is 0 Å². The fraction of sp³-hybridized carbons (Fsp3) is 0.227. The van der Waals surface area contributed by atoms with Crippen molar-refractivity contribution in [1.29, 1.82) is 0 Å². The number of nitrogens with zero attached hydrogens (tertiary/aromatic N) is 2. The number of hydrogen-bond acceptors (Lipinski definition) is 3. The average molecular weight is 357 g/mol. The number of nitrogens with one attached hydrogen (secondary N) is 1. The lowest BCUT2D eigenvalue weighted by atomic mass is 9.76. The Hall–Kier alpha value is -3.21. The summed E-state index contributed by atoms with van der Waals surface area (Å²) in [6, 6.07) is 13.7. The van der Waals surface area contributed by atoms with Crippen molar-refractivity contribution in [1.82, 2.24) is 14.9 Å². The summed E-state index contributed by atoms with van der Waals surface area (Å²) in [5.74, 6) is -0.0961. The molecule has 5 heteroatoms. The van der Waals surface area contributed by atoms with Gasteiger partial charge in [-0.3, -0.25) is 9.59 Å². The predicted octanol–water partition coefficient (Wildman–Crippen LogP) is 3.26. The molecule has 3 aromatic rings. The van der Waals surface area contributed by atoms with Crippen LogP contribution in [0.2, 0.25) is 0 Å². The van der Waals surface area contributed by atoms with Crippen molar-refractivity contribution in [2.24, 2.45) is 5.92 Å². The van der Waals surface area contributed by atoms with E-state index in [0.29, 0.717) is 5.56 Å². The van der Waals surface area contributed by atoms with Gasteiger partial charge in [0.05, 0.1) is 24.3 Å². The largest absolute Gasteiger partial charge is 0.355 e. The molecule has 0 bridgehead atoms. The van der Waals surface area contributed by atoms with Gasteiger partial charge < -0.3 is 9.88 Å². The van der Waals surface area contributed by atoms with Crippen molar-refractivity contribution in [3.63, 3.8) is 0 Å². The Labute approximate surface area is 157 Å². The first-order chi connectivity index (χ1) is 13.2. The summed E-state index contributed by atoms with van der Waals surface area (Å²) >= 11 is 0. The van der Waals surface area contributed by atoms with Crippen LogP contribution in [0, 0.1) is 5.92 Å². The first-order valence-electron chi connectivity index (χ1n) is 9.19. The van der Waals surface area contributed by atoms with E-state index in [1.165, 1.54) is 5.56 Å². The van der Waals surface area contributed by atoms with Crippen molar-refractivity contribution in [3.8, 4) is 11.3 Å². The Morgan fingerprint density at radius 1 is 1.19 bits per heavy atom. The molecule has 5 rings (SSSR count). The number of ketones is 1. The van der Waals surface area contributed by atoms with Crippen LogP contribution >= 0.6 is 0 Å². The standard InChI is InChI=1S/C22H19N3O2/c1-23-22(27)14-7-8-15-13(10-14)6-9-18(21(15)26)20-17-5-3-2-4-16(17)19-11-24-12-25(19)20/h2-5,7-8,10-12,18,20H,6,9H2,1H3,(H,23,27). The minimum absolute atomic E-state index is 0.0158. The smallest absolute Gasteiger partial charge is 0.251 e. The highest BCUT2D eigenvalue weighted by molar-refractivity contribution is 6.03. The number of aromatic nitrogens is 2. The molecule has 2 aromatic carbocycles. The van der Waals surface area contributed by atoms with E-state index in [1.54, 1.807) is 13.1 Å². The Morgan fingerprint density at radius 2 is 2.04 bits per heavy atom. The minimum Gasteiger partial charge on any atom is -0.355 e. The van der Waals surface area contributed by atoms with Crippen molar-refractivity contribution in [2.75, 3.05) is 7.05 Å². The normalized spacial score (nSPS) is 20.0. The Kier molecular flexibility index (Phi) is 3.50. The van der Waals surface area contributed by atoms with Gasteiger partial charge in [0.25, 0.3) is 5.91 Å². The lowest BCUT2D eigenvalue weighted by molar-refractivity contribution is 0.0869. The quantitative estimate of drug-likeness (QED) is 0.766. The van der Waals surface area contributed by atoms with Crippen LogP contribution < -0.4 is 5.32 Å². The van der Waals surface area contributed by atoms with Gasteiger partial charge in [-0.2, -0.15) is 0 Å². The van der Waals surface area contributed by atoms with Crippen LogP contribution in [0.25, 0.3) is 11.3 Å². The molecular formula is C22H19N3O2. The van der Waals surface area contributed by atoms with Crippen LogP contribution in [0.1, 0.15) is 44.3 Å². The van der Waals surface area contributed by atoms with Crippen LogP contribution in [0.5, 0.6) is 0 Å². The minimum atomic E-state index is -0.125. The van der Waals surface area contributed by atoms with Crippen LogP contribution in [0.15, 0.2) is 55.0 Å². The number of rotatable bonds is 2. The fourth-order valence-electron chi connectivity index (χ4n) is 4.55. The number of aryl methyl sites for hydroxylation is 1. The molecule has 134 valence electrons. The van der Waals surface area contributed by atoms with E-state index >= 15 is 0 Å². The maximum Gasteiger partial charge on any atom is 0.251 e. The predicted molar refractivity (Wildman–Crippen MR) is 102 cm³/mol. The lowest BCUT2D eigenvalue weighted by Crippen LogP contribution is -2.30. The summed E-state index contributed by atoms with van der Waals surface area (Å²) in [4.78, 5) is 29.6. The van der Waals surface area contributed by atoms with Crippen LogP contribution in [0.3, 0.4) is 0 Å². The van der Waals surface area contributed by atoms with Crippen LogP contribution in [-0.4, -0.2) is 28.3 Å². The van der Waals surface area contributed by atoms with Crippen molar-refractivity contribution < 1.29 is 9.59 Å². The van der Waals surface area contributed by atoms with Crippen molar-refractivity contribution >= 4 is 11.7 Å². The van der Waals surface area contributed by atoms with Gasteiger partial charge in [-0.15, -0.1) is 0 Å². The number of fused-ring (bicyclic) bond motifs is 4. The molecule has 0 fully saturated rings. The monoisotopic (exact) mass is 357 g/mol. The molecule has 2 heterocycles. The third-order valence-electron chi connectivity index (χ3n) is 5.82. The maximum atomic E-state index is 13.4. The average Bonchev–Trinajstić information content (AvgIpc) is 3.29. The van der Waals surface area contributed by atoms with Crippen molar-refractivity contribution in [2.45, 2.75) is 18.9 Å². The van der Waals surface area contributed by atoms with E-state index in [9.17, 15) is 9.59 Å². The zero-order valence-corrected chi connectivity index (χ0v) is 15.0. The summed E-state index contributed by atoms with van der Waals surface area (Å²) in [5.41, 5.74) is 5.74. The highest BCUT2D eigenvalue weighted by atomic mass is 16.1. The molecule has 2 unspecified atom stereocenters. The molecule has 2 aliphatic rings. The highest BCUT2D eigenvalue weighted by Crippen LogP contribution is 2.46. The van der Waals surface area contributed by atoms with E-state index in [-0.39, 0.29) is 23.7 Å². The number of carbonyl (C=O) groups excluding carboxylic acids is 2. The molecule has 2 atom stereocenters. The summed E-state index contributed by atoms with van der Waals surface area (Å²) < 4.78 is 2.14. The number of imidazole rings is 1. The summed E-state index contributed by atoms with van der Waals surface area (Å²) in [6.07, 6.45) is 5.26. The van der Waals surface area contributed by atoms with Gasteiger partial charge in [-0.1, -0.05) is 30.3 Å². The maximum absolute atomic E-state index is 13.4. The molecule has 27 heavy (non-hydrogen) atoms. The van der Waals surface area contributed by atoms with Crippen molar-refractivity contribution in [3.05, 3.63) is 77.2 Å². The molecule has 0 radical (unpaired) electrons. The fourth-order valence-corrected chi connectivity index (χ4v) is 4.55. The zero-order chi connectivity index (χ0) is 18.5. The molecule has 0 spiro atoms.